The Kier molecular flexibility index (Phi) is 6.57. The Morgan fingerprint density at radius 3 is 2.68 bits per heavy atom. The van der Waals surface area contributed by atoms with Crippen LogP contribution in [0.4, 0.5) is 4.39 Å². The van der Waals surface area contributed by atoms with Crippen molar-refractivity contribution >= 4 is 5.91 Å². The van der Waals surface area contributed by atoms with Crippen molar-refractivity contribution in [3.8, 4) is 17.2 Å². The highest BCUT2D eigenvalue weighted by Gasteiger charge is 2.26. The molecule has 1 aromatic heterocycles. The van der Waals surface area contributed by atoms with Gasteiger partial charge in [0, 0.05) is 23.6 Å². The molecule has 1 amide bonds. The molecule has 0 spiro atoms. The molecular weight excluding hydrogens is 399 g/mol. The van der Waals surface area contributed by atoms with Crippen LogP contribution in [0.5, 0.6) is 5.75 Å². The van der Waals surface area contributed by atoms with Crippen LogP contribution in [0.25, 0.3) is 11.5 Å². The molecule has 0 bridgehead atoms. The molecular formula is C23H25FN4O3. The van der Waals surface area contributed by atoms with E-state index < -0.39 is 0 Å². The number of hydrogen-bond acceptors (Lipinski definition) is 6. The maximum Gasteiger partial charge on any atom is 0.257 e. The summed E-state index contributed by atoms with van der Waals surface area (Å²) in [5.41, 5.74) is 1.65. The molecule has 4 rings (SSSR count). The van der Waals surface area contributed by atoms with E-state index in [1.165, 1.54) is 12.1 Å². The smallest absolute Gasteiger partial charge is 0.257 e. The number of carbonyl (C=O) groups excluding carboxylic acids is 1. The van der Waals surface area contributed by atoms with Gasteiger partial charge in [0.05, 0.1) is 13.7 Å². The van der Waals surface area contributed by atoms with Crippen molar-refractivity contribution in [1.82, 2.24) is 20.4 Å². The van der Waals surface area contributed by atoms with Crippen LogP contribution in [0, 0.1) is 11.7 Å². The molecule has 0 atom stereocenters. The number of methoxy groups -OCH3 is 1. The topological polar surface area (TPSA) is 80.5 Å². The predicted molar refractivity (Wildman–Crippen MR) is 113 cm³/mol. The third-order valence-electron chi connectivity index (χ3n) is 5.53. The Hall–Kier alpha value is -3.26. The van der Waals surface area contributed by atoms with Gasteiger partial charge in [0.2, 0.25) is 5.91 Å². The first-order valence-corrected chi connectivity index (χ1v) is 10.3. The lowest BCUT2D eigenvalue weighted by atomic mass is 9.96. The van der Waals surface area contributed by atoms with E-state index in [-0.39, 0.29) is 17.6 Å². The van der Waals surface area contributed by atoms with Gasteiger partial charge in [0.1, 0.15) is 11.6 Å². The average molecular weight is 424 g/mol. The second kappa shape index (κ2) is 9.70. The number of benzene rings is 2. The zero-order chi connectivity index (χ0) is 21.6. The van der Waals surface area contributed by atoms with E-state index in [1.807, 2.05) is 24.3 Å². The number of ether oxygens (including phenoxy) is 1. The van der Waals surface area contributed by atoms with E-state index in [2.05, 4.69) is 20.4 Å². The van der Waals surface area contributed by atoms with Gasteiger partial charge in [0.25, 0.3) is 5.89 Å². The van der Waals surface area contributed by atoms with Gasteiger partial charge in [-0.3, -0.25) is 9.69 Å². The molecule has 2 heterocycles. The van der Waals surface area contributed by atoms with Crippen LogP contribution in [0.1, 0.15) is 24.2 Å². The largest absolute Gasteiger partial charge is 0.496 e. The third-order valence-corrected chi connectivity index (χ3v) is 5.53. The van der Waals surface area contributed by atoms with Crippen LogP contribution in [0.15, 0.2) is 53.1 Å². The number of carbonyl (C=O) groups is 1. The summed E-state index contributed by atoms with van der Waals surface area (Å²) < 4.78 is 23.7. The number of aromatic nitrogens is 2. The van der Waals surface area contributed by atoms with Crippen molar-refractivity contribution in [1.29, 1.82) is 0 Å². The molecule has 8 heteroatoms. The summed E-state index contributed by atoms with van der Waals surface area (Å²) in [6.45, 7) is 2.58. The standard InChI is InChI=1S/C23H25FN4O3/c1-30-20-5-3-2-4-18(20)14-25-22(29)16-10-12-28(13-11-16)15-21-26-23(31-27-21)17-6-8-19(24)9-7-17/h2-9,16H,10-15H2,1H3,(H,25,29). The summed E-state index contributed by atoms with van der Waals surface area (Å²) in [6.07, 6.45) is 1.56. The highest BCUT2D eigenvalue weighted by molar-refractivity contribution is 5.78. The minimum atomic E-state index is -0.307. The summed E-state index contributed by atoms with van der Waals surface area (Å²) in [4.78, 5) is 19.2. The zero-order valence-electron chi connectivity index (χ0n) is 17.4. The maximum absolute atomic E-state index is 13.1. The first-order valence-electron chi connectivity index (χ1n) is 10.3. The fourth-order valence-electron chi connectivity index (χ4n) is 3.76. The zero-order valence-corrected chi connectivity index (χ0v) is 17.4. The summed E-state index contributed by atoms with van der Waals surface area (Å²) in [5.74, 6) is 1.49. The summed E-state index contributed by atoms with van der Waals surface area (Å²) in [5, 5.41) is 7.06. The van der Waals surface area contributed by atoms with Crippen molar-refractivity contribution in [2.24, 2.45) is 5.92 Å². The molecule has 0 aliphatic carbocycles. The number of halogens is 1. The van der Waals surface area contributed by atoms with Gasteiger partial charge in [-0.1, -0.05) is 23.4 Å². The fourth-order valence-corrected chi connectivity index (χ4v) is 3.76. The van der Waals surface area contributed by atoms with E-state index in [4.69, 9.17) is 9.26 Å². The second-order valence-corrected chi connectivity index (χ2v) is 7.60. The number of amides is 1. The number of piperidine rings is 1. The van der Waals surface area contributed by atoms with Gasteiger partial charge in [-0.2, -0.15) is 4.98 Å². The third kappa shape index (κ3) is 5.27. The van der Waals surface area contributed by atoms with Crippen molar-refractivity contribution in [3.05, 3.63) is 65.7 Å². The van der Waals surface area contributed by atoms with Gasteiger partial charge in [0.15, 0.2) is 5.82 Å². The molecule has 0 saturated carbocycles. The normalized spacial score (nSPS) is 15.0. The lowest BCUT2D eigenvalue weighted by Crippen LogP contribution is -2.40. The Labute approximate surface area is 180 Å². The second-order valence-electron chi connectivity index (χ2n) is 7.60. The van der Waals surface area contributed by atoms with E-state index in [0.717, 1.165) is 37.2 Å². The molecule has 0 radical (unpaired) electrons. The van der Waals surface area contributed by atoms with E-state index in [9.17, 15) is 9.18 Å². The molecule has 0 unspecified atom stereocenters. The molecule has 2 aromatic carbocycles. The molecule has 1 fully saturated rings. The molecule has 1 aliphatic rings. The molecule has 1 aliphatic heterocycles. The minimum Gasteiger partial charge on any atom is -0.496 e. The molecule has 162 valence electrons. The quantitative estimate of drug-likeness (QED) is 0.626. The van der Waals surface area contributed by atoms with Gasteiger partial charge >= 0.3 is 0 Å². The monoisotopic (exact) mass is 424 g/mol. The molecule has 1 N–H and O–H groups in total. The van der Waals surface area contributed by atoms with E-state index in [0.29, 0.717) is 30.4 Å². The highest BCUT2D eigenvalue weighted by atomic mass is 19.1. The van der Waals surface area contributed by atoms with Crippen LogP contribution in [-0.4, -0.2) is 41.1 Å². The lowest BCUT2D eigenvalue weighted by molar-refractivity contribution is -0.126. The van der Waals surface area contributed by atoms with Crippen LogP contribution in [-0.2, 0) is 17.9 Å². The van der Waals surface area contributed by atoms with Crippen LogP contribution in [0.3, 0.4) is 0 Å². The molecule has 3 aromatic rings. The predicted octanol–water partition coefficient (Wildman–Crippen LogP) is 3.41. The number of nitrogens with zero attached hydrogens (tertiary/aromatic N) is 3. The Morgan fingerprint density at radius 1 is 1.19 bits per heavy atom. The number of hydrogen-bond donors (Lipinski definition) is 1. The highest BCUT2D eigenvalue weighted by Crippen LogP contribution is 2.22. The van der Waals surface area contributed by atoms with Crippen LogP contribution in [0.2, 0.25) is 0 Å². The fraction of sp³-hybridized carbons (Fsp3) is 0.348. The van der Waals surface area contributed by atoms with Crippen molar-refractivity contribution in [2.75, 3.05) is 20.2 Å². The van der Waals surface area contributed by atoms with Crippen molar-refractivity contribution < 1.29 is 18.4 Å². The lowest BCUT2D eigenvalue weighted by Gasteiger charge is -2.30. The van der Waals surface area contributed by atoms with Gasteiger partial charge in [-0.05, 0) is 56.3 Å². The Morgan fingerprint density at radius 2 is 1.94 bits per heavy atom. The maximum atomic E-state index is 13.1. The Bertz CT molecular complexity index is 1010. The van der Waals surface area contributed by atoms with E-state index >= 15 is 0 Å². The SMILES string of the molecule is COc1ccccc1CNC(=O)C1CCN(Cc2noc(-c3ccc(F)cc3)n2)CC1. The van der Waals surface area contributed by atoms with Crippen molar-refractivity contribution in [3.63, 3.8) is 0 Å². The number of likely N-dealkylation sites (tertiary alicyclic amines) is 1. The van der Waals surface area contributed by atoms with Gasteiger partial charge in [-0.25, -0.2) is 4.39 Å². The van der Waals surface area contributed by atoms with Crippen LogP contribution < -0.4 is 10.1 Å². The molecule has 1 saturated heterocycles. The minimum absolute atomic E-state index is 0.00833. The summed E-state index contributed by atoms with van der Waals surface area (Å²) in [7, 11) is 1.63. The Balaban J connectivity index is 1.25. The molecule has 31 heavy (non-hydrogen) atoms. The van der Waals surface area contributed by atoms with Gasteiger partial charge < -0.3 is 14.6 Å². The van der Waals surface area contributed by atoms with E-state index in [1.54, 1.807) is 19.2 Å². The van der Waals surface area contributed by atoms with Crippen molar-refractivity contribution in [2.45, 2.75) is 25.9 Å². The molecule has 7 nitrogen and oxygen atoms in total. The summed E-state index contributed by atoms with van der Waals surface area (Å²) >= 11 is 0. The average Bonchev–Trinajstić information content (AvgIpc) is 3.27. The number of rotatable bonds is 7. The number of nitrogens with one attached hydrogen (secondary N) is 1. The summed E-state index contributed by atoms with van der Waals surface area (Å²) in [6, 6.07) is 13.6. The first-order chi connectivity index (χ1) is 15.1. The van der Waals surface area contributed by atoms with Crippen LogP contribution >= 0.6 is 0 Å². The van der Waals surface area contributed by atoms with Gasteiger partial charge in [-0.15, -0.1) is 0 Å². The number of para-hydroxylation sites is 1. The first kappa shape index (κ1) is 21.0.